The molecule has 0 saturated heterocycles. The van der Waals surface area contributed by atoms with Crippen LogP contribution in [0.1, 0.15) is 153 Å². The Hall–Kier alpha value is -4.20. The first kappa shape index (κ1) is 49.5. The number of carbonyl (C=O) groups is 2. The van der Waals surface area contributed by atoms with E-state index in [0.717, 1.165) is 53.2 Å². The number of aliphatic hydroxyl groups excluding tert-OH is 2. The Bertz CT molecular complexity index is 1790. The average Bonchev–Trinajstić information content (AvgIpc) is 3.28. The summed E-state index contributed by atoms with van der Waals surface area (Å²) in [7, 11) is 0. The molecule has 1 aliphatic carbocycles. The van der Waals surface area contributed by atoms with E-state index in [4.69, 9.17) is 14.2 Å². The molecule has 0 radical (unpaired) electrons. The van der Waals surface area contributed by atoms with E-state index in [2.05, 4.69) is 88.5 Å². The topological polar surface area (TPSA) is 102 Å². The van der Waals surface area contributed by atoms with Crippen LogP contribution in [0.2, 0.25) is 0 Å². The zero-order chi connectivity index (χ0) is 44.2. The van der Waals surface area contributed by atoms with Gasteiger partial charge in [0.1, 0.15) is 5.75 Å². The second-order valence-electron chi connectivity index (χ2n) is 17.7. The first-order valence-electron chi connectivity index (χ1n) is 23.4. The molecule has 61 heavy (non-hydrogen) atoms. The summed E-state index contributed by atoms with van der Waals surface area (Å²) in [6.45, 7) is 17.9. The highest BCUT2D eigenvalue weighted by atomic mass is 16.5. The van der Waals surface area contributed by atoms with Crippen LogP contribution in [0.15, 0.2) is 78.9 Å². The number of benzene rings is 3. The van der Waals surface area contributed by atoms with Gasteiger partial charge in [0.25, 0.3) is 0 Å². The monoisotopic (exact) mass is 837 g/mol. The molecule has 0 atom stereocenters. The van der Waals surface area contributed by atoms with Crippen molar-refractivity contribution >= 4 is 11.9 Å². The summed E-state index contributed by atoms with van der Waals surface area (Å²) in [6, 6.07) is 20.5. The van der Waals surface area contributed by atoms with Crippen LogP contribution in [-0.2, 0) is 38.3 Å². The maximum absolute atomic E-state index is 12.2. The van der Waals surface area contributed by atoms with Gasteiger partial charge in [-0.1, -0.05) is 115 Å². The molecular weight excluding hydrogens is 761 g/mol. The highest BCUT2D eigenvalue weighted by Crippen LogP contribution is 2.40. The maximum atomic E-state index is 12.2. The Morgan fingerprint density at radius 3 is 1.74 bits per heavy atom. The highest BCUT2D eigenvalue weighted by Gasteiger charge is 2.29. The van der Waals surface area contributed by atoms with Crippen molar-refractivity contribution in [2.45, 2.75) is 150 Å². The van der Waals surface area contributed by atoms with Gasteiger partial charge in [-0.3, -0.25) is 0 Å². The summed E-state index contributed by atoms with van der Waals surface area (Å²) in [5.74, 6) is 1.49. The number of rotatable bonds is 27. The Kier molecular flexibility index (Phi) is 20.8. The van der Waals surface area contributed by atoms with E-state index in [-0.39, 0.29) is 26.4 Å². The summed E-state index contributed by atoms with van der Waals surface area (Å²) in [4.78, 5) is 24.4. The molecule has 334 valence electrons. The van der Waals surface area contributed by atoms with Gasteiger partial charge in [0.15, 0.2) is 0 Å². The van der Waals surface area contributed by atoms with Gasteiger partial charge in [0, 0.05) is 16.6 Å². The lowest BCUT2D eigenvalue weighted by molar-refractivity contribution is -0.139. The van der Waals surface area contributed by atoms with E-state index >= 15 is 0 Å². The van der Waals surface area contributed by atoms with Gasteiger partial charge in [-0.25, -0.2) is 9.59 Å². The molecule has 7 heteroatoms. The van der Waals surface area contributed by atoms with Gasteiger partial charge in [-0.2, -0.15) is 0 Å². The lowest BCUT2D eigenvalue weighted by atomic mass is 9.77. The van der Waals surface area contributed by atoms with Crippen molar-refractivity contribution in [3.63, 3.8) is 0 Å². The molecule has 0 unspecified atom stereocenters. The molecule has 0 aromatic heterocycles. The second kappa shape index (κ2) is 25.7. The third-order valence-corrected chi connectivity index (χ3v) is 12.8. The maximum Gasteiger partial charge on any atom is 0.333 e. The van der Waals surface area contributed by atoms with E-state index < -0.39 is 17.4 Å². The van der Waals surface area contributed by atoms with Gasteiger partial charge in [0.2, 0.25) is 0 Å². The molecular formula is C54H76O7. The van der Waals surface area contributed by atoms with Gasteiger partial charge in [-0.05, 0) is 153 Å². The fourth-order valence-corrected chi connectivity index (χ4v) is 8.74. The van der Waals surface area contributed by atoms with Crippen molar-refractivity contribution in [2.24, 2.45) is 11.3 Å². The third-order valence-electron chi connectivity index (χ3n) is 12.8. The van der Waals surface area contributed by atoms with Crippen LogP contribution in [0.25, 0.3) is 22.3 Å². The standard InChI is InChI=1S/C54H76O7/c1-8-11-13-16-41-19-21-43(22-20-41)44-23-25-45(26-24-44)50-28-27-46(34-42(50)10-3)49-35-47(17-14-31-60-52(57)39(4)5)51(48(36-49)18-15-32-61-53(58)40(6)7)59-33-30-54(37-55,38-56)29-12-9-2/h23-28,34-36,41,43,55-56H,4,6,8-22,29-33,37-38H2,1-3,5,7H3/t41-,43-. The summed E-state index contributed by atoms with van der Waals surface area (Å²) in [5.41, 5.74) is 9.44. The number of hydrogen-bond acceptors (Lipinski definition) is 7. The number of aryl methyl sites for hydroxylation is 3. The van der Waals surface area contributed by atoms with Crippen molar-refractivity contribution in [3.05, 3.63) is 101 Å². The first-order valence-corrected chi connectivity index (χ1v) is 23.4. The minimum absolute atomic E-state index is 0.117. The Morgan fingerprint density at radius 2 is 1.21 bits per heavy atom. The fourth-order valence-electron chi connectivity index (χ4n) is 8.74. The van der Waals surface area contributed by atoms with Crippen molar-refractivity contribution in [1.82, 2.24) is 0 Å². The Labute approximate surface area is 368 Å². The van der Waals surface area contributed by atoms with Crippen molar-refractivity contribution in [2.75, 3.05) is 33.0 Å². The zero-order valence-corrected chi connectivity index (χ0v) is 38.3. The third kappa shape index (κ3) is 15.0. The number of carbonyl (C=O) groups excluding carboxylic acids is 2. The minimum atomic E-state index is -0.629. The number of ether oxygens (including phenoxy) is 3. The van der Waals surface area contributed by atoms with Crippen molar-refractivity contribution in [1.29, 1.82) is 0 Å². The molecule has 0 aliphatic heterocycles. The van der Waals surface area contributed by atoms with E-state index in [9.17, 15) is 19.8 Å². The minimum Gasteiger partial charge on any atom is -0.493 e. The molecule has 1 saturated carbocycles. The van der Waals surface area contributed by atoms with Crippen molar-refractivity contribution < 1.29 is 34.0 Å². The van der Waals surface area contributed by atoms with E-state index in [1.165, 1.54) is 73.6 Å². The molecule has 3 aromatic carbocycles. The molecule has 0 amide bonds. The highest BCUT2D eigenvalue weighted by molar-refractivity contribution is 5.87. The molecule has 0 bridgehead atoms. The predicted molar refractivity (Wildman–Crippen MR) is 250 cm³/mol. The number of aliphatic hydroxyl groups is 2. The summed E-state index contributed by atoms with van der Waals surface area (Å²) in [5, 5.41) is 20.7. The van der Waals surface area contributed by atoms with Crippen LogP contribution < -0.4 is 4.74 Å². The normalized spacial score (nSPS) is 15.3. The van der Waals surface area contributed by atoms with Crippen LogP contribution in [-0.4, -0.2) is 55.2 Å². The molecule has 1 aliphatic rings. The van der Waals surface area contributed by atoms with Gasteiger partial charge < -0.3 is 24.4 Å². The summed E-state index contributed by atoms with van der Waals surface area (Å²) >= 11 is 0. The van der Waals surface area contributed by atoms with Crippen LogP contribution in [0.3, 0.4) is 0 Å². The largest absolute Gasteiger partial charge is 0.493 e. The molecule has 7 nitrogen and oxygen atoms in total. The molecule has 0 spiro atoms. The molecule has 2 N–H and O–H groups in total. The Balaban J connectivity index is 1.65. The van der Waals surface area contributed by atoms with E-state index in [1.54, 1.807) is 13.8 Å². The quantitative estimate of drug-likeness (QED) is 0.0448. The molecule has 1 fully saturated rings. The lowest BCUT2D eigenvalue weighted by Crippen LogP contribution is -2.32. The van der Waals surface area contributed by atoms with Gasteiger partial charge >= 0.3 is 11.9 Å². The van der Waals surface area contributed by atoms with E-state index in [0.29, 0.717) is 62.2 Å². The van der Waals surface area contributed by atoms with Crippen molar-refractivity contribution in [3.8, 4) is 28.0 Å². The average molecular weight is 837 g/mol. The number of esters is 2. The van der Waals surface area contributed by atoms with Crippen LogP contribution in [0, 0.1) is 11.3 Å². The summed E-state index contributed by atoms with van der Waals surface area (Å²) < 4.78 is 17.6. The van der Waals surface area contributed by atoms with E-state index in [1.807, 2.05) is 0 Å². The summed E-state index contributed by atoms with van der Waals surface area (Å²) in [6.07, 6.45) is 17.0. The lowest BCUT2D eigenvalue weighted by Gasteiger charge is -2.30. The van der Waals surface area contributed by atoms with Crippen LogP contribution >= 0.6 is 0 Å². The van der Waals surface area contributed by atoms with Gasteiger partial charge in [0.05, 0.1) is 33.0 Å². The van der Waals surface area contributed by atoms with Crippen LogP contribution in [0.4, 0.5) is 0 Å². The predicted octanol–water partition coefficient (Wildman–Crippen LogP) is 12.5. The zero-order valence-electron chi connectivity index (χ0n) is 38.3. The molecule has 3 aromatic rings. The smallest absolute Gasteiger partial charge is 0.333 e. The molecule has 0 heterocycles. The van der Waals surface area contributed by atoms with Crippen LogP contribution in [0.5, 0.6) is 5.75 Å². The fraction of sp³-hybridized carbons (Fsp3) is 0.556. The van der Waals surface area contributed by atoms with Gasteiger partial charge in [-0.15, -0.1) is 0 Å². The number of hydrogen-bond donors (Lipinski definition) is 2. The SMILES string of the molecule is C=C(C)C(=O)OCCCc1cc(-c2ccc(-c3ccc([C@H]4CC[C@H](CCCCC)CC4)cc3)c(CC)c2)cc(CCCOC(=O)C(=C)C)c1OCCC(CO)(CO)CCCC. The first-order chi connectivity index (χ1) is 29.5. The second-order valence-corrected chi connectivity index (χ2v) is 17.7. The Morgan fingerprint density at radius 1 is 0.656 bits per heavy atom. The molecule has 4 rings (SSSR count). The number of unbranched alkanes of at least 4 members (excludes halogenated alkanes) is 3.